The molecule has 1 aliphatic rings. The molecule has 66 valence electrons. The highest BCUT2D eigenvalue weighted by Crippen LogP contribution is 2.29. The zero-order valence-corrected chi connectivity index (χ0v) is 8.77. The largest absolute Gasteiger partial charge is 0.381 e. The van der Waals surface area contributed by atoms with E-state index < -0.39 is 0 Å². The predicted octanol–water partition coefficient (Wildman–Crippen LogP) is 2.98. The maximum absolute atomic E-state index is 5.41. The van der Waals surface area contributed by atoms with Crippen LogP contribution < -0.4 is 0 Å². The van der Waals surface area contributed by atoms with Crippen LogP contribution in [0.3, 0.4) is 0 Å². The van der Waals surface area contributed by atoms with Crippen LogP contribution in [0.1, 0.15) is 32.6 Å². The third kappa shape index (κ3) is 3.12. The van der Waals surface area contributed by atoms with Gasteiger partial charge in [-0.15, -0.1) is 0 Å². The second kappa shape index (κ2) is 5.15. The van der Waals surface area contributed by atoms with E-state index in [2.05, 4.69) is 22.9 Å². The monoisotopic (exact) mass is 220 g/mol. The molecule has 1 aliphatic carbocycles. The highest BCUT2D eigenvalue weighted by molar-refractivity contribution is 9.09. The molecular formula is C9H17BrO. The van der Waals surface area contributed by atoms with Gasteiger partial charge in [-0.25, -0.2) is 0 Å². The molecule has 2 atom stereocenters. The highest BCUT2D eigenvalue weighted by atomic mass is 79.9. The van der Waals surface area contributed by atoms with E-state index in [0.717, 1.165) is 19.1 Å². The van der Waals surface area contributed by atoms with Gasteiger partial charge in [-0.3, -0.25) is 0 Å². The fourth-order valence-corrected chi connectivity index (χ4v) is 2.36. The van der Waals surface area contributed by atoms with Gasteiger partial charge in [-0.05, 0) is 25.7 Å². The Labute approximate surface area is 77.6 Å². The van der Waals surface area contributed by atoms with Gasteiger partial charge < -0.3 is 4.74 Å². The van der Waals surface area contributed by atoms with E-state index >= 15 is 0 Å². The summed E-state index contributed by atoms with van der Waals surface area (Å²) >= 11 is 3.70. The molecule has 0 aromatic carbocycles. The quantitative estimate of drug-likeness (QED) is 0.665. The fourth-order valence-electron chi connectivity index (χ4n) is 1.62. The molecule has 0 amide bonds. The van der Waals surface area contributed by atoms with Crippen LogP contribution in [-0.4, -0.2) is 18.0 Å². The van der Waals surface area contributed by atoms with Gasteiger partial charge >= 0.3 is 0 Å². The standard InChI is InChI=1S/C9H17BrO/c1-2-11-7-8-5-3-4-6-9(8)10/h8-9H,2-7H2,1H3. The van der Waals surface area contributed by atoms with E-state index in [4.69, 9.17) is 4.74 Å². The van der Waals surface area contributed by atoms with Crippen LogP contribution >= 0.6 is 15.9 Å². The van der Waals surface area contributed by atoms with E-state index in [0.29, 0.717) is 4.83 Å². The van der Waals surface area contributed by atoms with Crippen molar-refractivity contribution in [1.82, 2.24) is 0 Å². The summed E-state index contributed by atoms with van der Waals surface area (Å²) in [5.41, 5.74) is 0. The maximum atomic E-state index is 5.41. The Kier molecular flexibility index (Phi) is 4.46. The molecule has 0 radical (unpaired) electrons. The van der Waals surface area contributed by atoms with Gasteiger partial charge in [0.1, 0.15) is 0 Å². The number of alkyl halides is 1. The molecule has 0 aromatic rings. The van der Waals surface area contributed by atoms with Gasteiger partial charge in [0.15, 0.2) is 0 Å². The molecule has 0 aliphatic heterocycles. The second-order valence-corrected chi connectivity index (χ2v) is 4.40. The van der Waals surface area contributed by atoms with Gasteiger partial charge in [0.05, 0.1) is 6.61 Å². The Bertz CT molecular complexity index is 106. The minimum atomic E-state index is 0.711. The summed E-state index contributed by atoms with van der Waals surface area (Å²) in [6.45, 7) is 3.87. The maximum Gasteiger partial charge on any atom is 0.0504 e. The van der Waals surface area contributed by atoms with Crippen molar-refractivity contribution in [2.24, 2.45) is 5.92 Å². The summed E-state index contributed by atoms with van der Waals surface area (Å²) in [6.07, 6.45) is 5.45. The van der Waals surface area contributed by atoms with Crippen molar-refractivity contribution in [2.45, 2.75) is 37.4 Å². The van der Waals surface area contributed by atoms with E-state index in [-0.39, 0.29) is 0 Å². The molecule has 11 heavy (non-hydrogen) atoms. The molecule has 0 saturated heterocycles. The van der Waals surface area contributed by atoms with Crippen LogP contribution in [0.2, 0.25) is 0 Å². The lowest BCUT2D eigenvalue weighted by Gasteiger charge is -2.26. The Balaban J connectivity index is 2.18. The average Bonchev–Trinajstić information content (AvgIpc) is 2.03. The zero-order chi connectivity index (χ0) is 8.10. The first-order valence-electron chi connectivity index (χ1n) is 4.56. The summed E-state index contributed by atoms with van der Waals surface area (Å²) in [4.78, 5) is 0.711. The third-order valence-corrected chi connectivity index (χ3v) is 3.56. The van der Waals surface area contributed by atoms with E-state index in [1.165, 1.54) is 25.7 Å². The molecule has 0 aromatic heterocycles. The molecule has 0 heterocycles. The predicted molar refractivity (Wildman–Crippen MR) is 51.2 cm³/mol. The smallest absolute Gasteiger partial charge is 0.0504 e. The zero-order valence-electron chi connectivity index (χ0n) is 7.18. The Morgan fingerprint density at radius 3 is 2.73 bits per heavy atom. The SMILES string of the molecule is CCOCC1CCCCC1Br. The van der Waals surface area contributed by atoms with Gasteiger partial charge in [0.25, 0.3) is 0 Å². The van der Waals surface area contributed by atoms with Gasteiger partial charge in [0.2, 0.25) is 0 Å². The van der Waals surface area contributed by atoms with Crippen molar-refractivity contribution in [2.75, 3.05) is 13.2 Å². The Morgan fingerprint density at radius 2 is 2.09 bits per heavy atom. The molecular weight excluding hydrogens is 204 g/mol. The molecule has 1 fully saturated rings. The summed E-state index contributed by atoms with van der Waals surface area (Å²) in [5.74, 6) is 0.767. The van der Waals surface area contributed by atoms with Crippen molar-refractivity contribution in [3.8, 4) is 0 Å². The molecule has 0 bridgehead atoms. The topological polar surface area (TPSA) is 9.23 Å². The first kappa shape index (κ1) is 9.53. The molecule has 1 rings (SSSR count). The lowest BCUT2D eigenvalue weighted by molar-refractivity contribution is 0.0984. The van der Waals surface area contributed by atoms with E-state index in [1.807, 2.05) is 0 Å². The minimum absolute atomic E-state index is 0.711. The summed E-state index contributed by atoms with van der Waals surface area (Å²) in [5, 5.41) is 0. The number of hydrogen-bond donors (Lipinski definition) is 0. The third-order valence-electron chi connectivity index (χ3n) is 2.35. The van der Waals surface area contributed by atoms with E-state index in [9.17, 15) is 0 Å². The fraction of sp³-hybridized carbons (Fsp3) is 1.00. The number of halogens is 1. The van der Waals surface area contributed by atoms with Crippen molar-refractivity contribution >= 4 is 15.9 Å². The van der Waals surface area contributed by atoms with Crippen molar-refractivity contribution in [3.05, 3.63) is 0 Å². The van der Waals surface area contributed by atoms with Crippen LogP contribution in [0.5, 0.6) is 0 Å². The molecule has 0 spiro atoms. The van der Waals surface area contributed by atoms with Crippen molar-refractivity contribution < 1.29 is 4.74 Å². The molecule has 2 heteroatoms. The molecule has 1 saturated carbocycles. The molecule has 1 nitrogen and oxygen atoms in total. The lowest BCUT2D eigenvalue weighted by Crippen LogP contribution is -2.23. The number of hydrogen-bond acceptors (Lipinski definition) is 1. The van der Waals surface area contributed by atoms with E-state index in [1.54, 1.807) is 0 Å². The van der Waals surface area contributed by atoms with Gasteiger partial charge in [0, 0.05) is 11.4 Å². The van der Waals surface area contributed by atoms with Crippen LogP contribution in [0, 0.1) is 5.92 Å². The summed E-state index contributed by atoms with van der Waals surface area (Å²) in [6, 6.07) is 0. The molecule has 0 N–H and O–H groups in total. The van der Waals surface area contributed by atoms with Gasteiger partial charge in [-0.1, -0.05) is 28.8 Å². The Morgan fingerprint density at radius 1 is 1.36 bits per heavy atom. The Hall–Kier alpha value is 0.440. The van der Waals surface area contributed by atoms with Crippen molar-refractivity contribution in [1.29, 1.82) is 0 Å². The van der Waals surface area contributed by atoms with Crippen LogP contribution in [0.4, 0.5) is 0 Å². The first-order valence-corrected chi connectivity index (χ1v) is 5.48. The van der Waals surface area contributed by atoms with Crippen LogP contribution in [0.15, 0.2) is 0 Å². The second-order valence-electron chi connectivity index (χ2n) is 3.22. The summed E-state index contributed by atoms with van der Waals surface area (Å²) < 4.78 is 5.41. The highest BCUT2D eigenvalue weighted by Gasteiger charge is 2.22. The minimum Gasteiger partial charge on any atom is -0.381 e. The lowest BCUT2D eigenvalue weighted by atomic mass is 9.90. The van der Waals surface area contributed by atoms with Crippen LogP contribution in [0.25, 0.3) is 0 Å². The van der Waals surface area contributed by atoms with Crippen LogP contribution in [-0.2, 0) is 4.74 Å². The first-order chi connectivity index (χ1) is 5.34. The normalized spacial score (nSPS) is 32.2. The van der Waals surface area contributed by atoms with Gasteiger partial charge in [-0.2, -0.15) is 0 Å². The number of ether oxygens (including phenoxy) is 1. The average molecular weight is 221 g/mol. The number of rotatable bonds is 3. The molecule has 2 unspecified atom stereocenters. The summed E-state index contributed by atoms with van der Waals surface area (Å²) in [7, 11) is 0. The van der Waals surface area contributed by atoms with Crippen molar-refractivity contribution in [3.63, 3.8) is 0 Å².